The van der Waals surface area contributed by atoms with Crippen molar-refractivity contribution in [2.75, 3.05) is 11.5 Å². The third-order valence-electron chi connectivity index (χ3n) is 7.28. The Bertz CT molecular complexity index is 1940. The number of thioether (sulfide) groups is 2. The van der Waals surface area contributed by atoms with Crippen LogP contribution < -0.4 is 11.1 Å². The molecule has 4 heterocycles. The van der Waals surface area contributed by atoms with E-state index in [1.807, 2.05) is 85.4 Å². The van der Waals surface area contributed by atoms with Gasteiger partial charge in [-0.15, -0.1) is 23.1 Å². The average Bonchev–Trinajstić information content (AvgIpc) is 3.73. The number of hydrogen-bond acceptors (Lipinski definition) is 13. The van der Waals surface area contributed by atoms with E-state index < -0.39 is 41.3 Å². The molecular weight excluding hydrogens is 687 g/mol. The normalized spacial score (nSPS) is 17.6. The van der Waals surface area contributed by atoms with Gasteiger partial charge in [0.1, 0.15) is 22.8 Å². The van der Waals surface area contributed by atoms with Crippen LogP contribution in [0.15, 0.2) is 99.6 Å². The standard InChI is InChI=1S/C33H29N7O6S3/c1-19(41)46-38-25(23-17-49-33(34)36-23)29(42)37-26-30(43)40-27(24(18-48-31(26)40)47-14-13-20-15-35-39(2)16-20)32(44)45-28(21-9-5-3-6-10-21)22-11-7-4-8-12-22/h3-17,26,28,31H,18H2,1-2H3,(H2,34,36)(H,37,42)/b14-13-,38-25-/t26-,31-/m1/s1. The van der Waals surface area contributed by atoms with Gasteiger partial charge in [-0.1, -0.05) is 77.6 Å². The summed E-state index contributed by atoms with van der Waals surface area (Å²) in [6.45, 7) is 1.13. The fraction of sp³-hybridized carbons (Fsp3) is 0.182. The number of nitrogens with one attached hydrogen (secondary N) is 1. The van der Waals surface area contributed by atoms with Crippen LogP contribution in [0.2, 0.25) is 0 Å². The van der Waals surface area contributed by atoms with E-state index in [1.54, 1.807) is 10.9 Å². The molecule has 1 saturated heterocycles. The van der Waals surface area contributed by atoms with Crippen molar-refractivity contribution in [3.8, 4) is 0 Å². The Morgan fingerprint density at radius 2 is 1.82 bits per heavy atom. The third kappa shape index (κ3) is 7.61. The number of nitrogens with two attached hydrogens (primary N) is 1. The molecule has 2 aliphatic rings. The molecule has 13 nitrogen and oxygen atoms in total. The minimum atomic E-state index is -1.02. The highest BCUT2D eigenvalue weighted by Gasteiger charge is 2.55. The highest BCUT2D eigenvalue weighted by atomic mass is 32.2. The molecule has 0 bridgehead atoms. The second-order valence-corrected chi connectivity index (χ2v) is 13.7. The first-order chi connectivity index (χ1) is 23.7. The molecule has 4 aromatic rings. The molecule has 0 saturated carbocycles. The number of benzene rings is 2. The Hall–Kier alpha value is -5.19. The van der Waals surface area contributed by atoms with Gasteiger partial charge in [-0.2, -0.15) is 5.10 Å². The number of aryl methyl sites for hydroxylation is 1. The maximum absolute atomic E-state index is 14.2. The van der Waals surface area contributed by atoms with E-state index in [0.717, 1.165) is 35.0 Å². The van der Waals surface area contributed by atoms with Crippen LogP contribution in [0.25, 0.3) is 6.08 Å². The van der Waals surface area contributed by atoms with Gasteiger partial charge in [0.2, 0.25) is 0 Å². The number of β-lactam (4-membered cyclic amide) rings is 1. The molecular formula is C33H29N7O6S3. The second-order valence-electron chi connectivity index (χ2n) is 10.7. The molecule has 2 atom stereocenters. The quantitative estimate of drug-likeness (QED) is 0.0754. The molecule has 3 N–H and O–H groups in total. The van der Waals surface area contributed by atoms with Crippen molar-refractivity contribution in [2.24, 2.45) is 12.2 Å². The van der Waals surface area contributed by atoms with Gasteiger partial charge in [-0.25, -0.2) is 14.6 Å². The maximum Gasteiger partial charge on any atom is 0.356 e. The smallest absolute Gasteiger partial charge is 0.356 e. The van der Waals surface area contributed by atoms with Crippen LogP contribution in [0.3, 0.4) is 0 Å². The number of rotatable bonds is 11. The van der Waals surface area contributed by atoms with Crippen LogP contribution in [-0.4, -0.2) is 66.3 Å². The number of anilines is 1. The molecule has 1 fully saturated rings. The second kappa shape index (κ2) is 14.9. The van der Waals surface area contributed by atoms with E-state index in [0.29, 0.717) is 10.7 Å². The minimum absolute atomic E-state index is 0.0808. The molecule has 2 aromatic carbocycles. The van der Waals surface area contributed by atoms with Gasteiger partial charge in [0.25, 0.3) is 11.8 Å². The number of nitrogens with zero attached hydrogens (tertiary/aromatic N) is 5. The summed E-state index contributed by atoms with van der Waals surface area (Å²) in [5, 5.41) is 13.4. The summed E-state index contributed by atoms with van der Waals surface area (Å²) in [7, 11) is 1.82. The third-order valence-corrected chi connectivity index (χ3v) is 10.3. The fourth-order valence-electron chi connectivity index (χ4n) is 5.06. The minimum Gasteiger partial charge on any atom is -0.448 e. The first-order valence-electron chi connectivity index (χ1n) is 14.8. The molecule has 6 rings (SSSR count). The van der Waals surface area contributed by atoms with Crippen LogP contribution in [0.1, 0.15) is 35.4 Å². The van der Waals surface area contributed by atoms with Gasteiger partial charge >= 0.3 is 11.9 Å². The zero-order chi connectivity index (χ0) is 34.5. The Kier molecular flexibility index (Phi) is 10.3. The predicted molar refractivity (Wildman–Crippen MR) is 188 cm³/mol. The van der Waals surface area contributed by atoms with E-state index in [-0.39, 0.29) is 22.2 Å². The lowest BCUT2D eigenvalue weighted by atomic mass is 10.0. The van der Waals surface area contributed by atoms with Crippen LogP contribution in [0.5, 0.6) is 0 Å². The van der Waals surface area contributed by atoms with Gasteiger partial charge in [0, 0.05) is 41.8 Å². The number of ether oxygens (including phenoxy) is 1. The van der Waals surface area contributed by atoms with Crippen molar-refractivity contribution in [1.82, 2.24) is 25.0 Å². The van der Waals surface area contributed by atoms with E-state index in [4.69, 9.17) is 15.3 Å². The molecule has 0 unspecified atom stereocenters. The average molecular weight is 716 g/mol. The summed E-state index contributed by atoms with van der Waals surface area (Å²) in [6.07, 6.45) is 4.67. The van der Waals surface area contributed by atoms with Crippen molar-refractivity contribution in [3.63, 3.8) is 0 Å². The predicted octanol–water partition coefficient (Wildman–Crippen LogP) is 4.07. The van der Waals surface area contributed by atoms with Crippen molar-refractivity contribution >= 4 is 75.5 Å². The van der Waals surface area contributed by atoms with Crippen molar-refractivity contribution < 1.29 is 28.8 Å². The van der Waals surface area contributed by atoms with Crippen LogP contribution >= 0.6 is 34.9 Å². The Balaban J connectivity index is 1.29. The summed E-state index contributed by atoms with van der Waals surface area (Å²) < 4.78 is 7.89. The highest BCUT2D eigenvalue weighted by molar-refractivity contribution is 8.08. The Morgan fingerprint density at radius 3 is 2.41 bits per heavy atom. The number of nitrogen functional groups attached to an aromatic ring is 1. The molecule has 0 spiro atoms. The van der Waals surface area contributed by atoms with E-state index in [9.17, 15) is 19.2 Å². The first-order valence-corrected chi connectivity index (χ1v) is 17.6. The van der Waals surface area contributed by atoms with Gasteiger partial charge in [-0.05, 0) is 22.6 Å². The van der Waals surface area contributed by atoms with Crippen molar-refractivity contribution in [1.29, 1.82) is 0 Å². The maximum atomic E-state index is 14.2. The molecule has 0 radical (unpaired) electrons. The molecule has 16 heteroatoms. The summed E-state index contributed by atoms with van der Waals surface area (Å²) in [5.41, 5.74) is 7.99. The number of amides is 2. The Labute approximate surface area is 293 Å². The zero-order valence-corrected chi connectivity index (χ0v) is 28.5. The number of carbonyl (C=O) groups is 4. The SMILES string of the molecule is CC(=O)O/N=C(\C(=O)N[C@@H]1C(=O)N2C(C(=O)OC(c3ccccc3)c3ccccc3)=C(S/C=C\c3cnn(C)c3)CS[C@H]12)c1csc(N)n1. The van der Waals surface area contributed by atoms with Crippen LogP contribution in [-0.2, 0) is 35.8 Å². The monoisotopic (exact) mass is 715 g/mol. The van der Waals surface area contributed by atoms with Crippen molar-refractivity contribution in [2.45, 2.75) is 24.4 Å². The summed E-state index contributed by atoms with van der Waals surface area (Å²) >= 11 is 3.75. The molecule has 0 aliphatic carbocycles. The number of hydrogen-bond donors (Lipinski definition) is 2. The lowest BCUT2D eigenvalue weighted by molar-refractivity contribution is -0.154. The van der Waals surface area contributed by atoms with E-state index >= 15 is 0 Å². The molecule has 2 amide bonds. The molecule has 2 aromatic heterocycles. The first kappa shape index (κ1) is 33.7. The zero-order valence-electron chi connectivity index (χ0n) is 26.1. The number of aromatic nitrogens is 3. The van der Waals surface area contributed by atoms with Crippen LogP contribution in [0, 0.1) is 0 Å². The highest BCUT2D eigenvalue weighted by Crippen LogP contribution is 2.45. The summed E-state index contributed by atoms with van der Waals surface area (Å²) in [5.74, 6) is -2.40. The number of thiazole rings is 1. The largest absolute Gasteiger partial charge is 0.448 e. The topological polar surface area (TPSA) is 171 Å². The number of esters is 1. The molecule has 49 heavy (non-hydrogen) atoms. The lowest BCUT2D eigenvalue weighted by Crippen LogP contribution is -2.71. The Morgan fingerprint density at radius 1 is 1.12 bits per heavy atom. The van der Waals surface area contributed by atoms with Gasteiger partial charge in [-0.3, -0.25) is 19.2 Å². The number of fused-ring (bicyclic) bond motifs is 1. The van der Waals surface area contributed by atoms with E-state index in [2.05, 4.69) is 20.6 Å². The summed E-state index contributed by atoms with van der Waals surface area (Å²) in [6, 6.07) is 17.7. The van der Waals surface area contributed by atoms with E-state index in [1.165, 1.54) is 33.8 Å². The van der Waals surface area contributed by atoms with Gasteiger partial charge in [0.15, 0.2) is 16.9 Å². The number of oxime groups is 1. The van der Waals surface area contributed by atoms with Gasteiger partial charge < -0.3 is 20.6 Å². The van der Waals surface area contributed by atoms with Crippen molar-refractivity contribution in [3.05, 3.63) is 117 Å². The lowest BCUT2D eigenvalue weighted by Gasteiger charge is -2.49. The van der Waals surface area contributed by atoms with Gasteiger partial charge in [0.05, 0.1) is 6.20 Å². The number of carbonyl (C=O) groups excluding carboxylic acids is 4. The molecule has 2 aliphatic heterocycles. The fourth-order valence-corrected chi connectivity index (χ4v) is 7.96. The van der Waals surface area contributed by atoms with Crippen LogP contribution in [0.4, 0.5) is 5.13 Å². The molecule has 250 valence electrons. The summed E-state index contributed by atoms with van der Waals surface area (Å²) in [4.78, 5) is 63.6.